The molecule has 1 unspecified atom stereocenters. The summed E-state index contributed by atoms with van der Waals surface area (Å²) in [6, 6.07) is 0.674. The molecule has 104 valence electrons. The van der Waals surface area contributed by atoms with Crippen molar-refractivity contribution in [2.24, 2.45) is 5.92 Å². The number of hydrogen-bond acceptors (Lipinski definition) is 4. The third kappa shape index (κ3) is 2.33. The van der Waals surface area contributed by atoms with Gasteiger partial charge in [-0.2, -0.15) is 5.10 Å². The van der Waals surface area contributed by atoms with Crippen LogP contribution in [-0.2, 0) is 12.8 Å². The van der Waals surface area contributed by atoms with E-state index in [0.29, 0.717) is 6.04 Å². The van der Waals surface area contributed by atoms with E-state index >= 15 is 0 Å². The molecule has 0 N–H and O–H groups in total. The Hall–Kier alpha value is -1.19. The predicted octanol–water partition coefficient (Wildman–Crippen LogP) is 2.77. The molecular formula is C15H24N4. The third-order valence-corrected chi connectivity index (χ3v) is 4.75. The van der Waals surface area contributed by atoms with E-state index in [1.54, 1.807) is 0 Å². The van der Waals surface area contributed by atoms with Crippen molar-refractivity contribution >= 4 is 5.95 Å². The molecule has 0 bridgehead atoms. The second-order valence-corrected chi connectivity index (χ2v) is 5.81. The molecule has 1 atom stereocenters. The molecule has 1 aromatic heterocycles. The van der Waals surface area contributed by atoms with E-state index in [2.05, 4.69) is 28.9 Å². The summed E-state index contributed by atoms with van der Waals surface area (Å²) < 4.78 is 0. The Balaban J connectivity index is 1.84. The summed E-state index contributed by atoms with van der Waals surface area (Å²) in [6.45, 7) is 5.38. The van der Waals surface area contributed by atoms with Gasteiger partial charge in [0.05, 0.1) is 11.4 Å². The summed E-state index contributed by atoms with van der Waals surface area (Å²) in [5.74, 6) is 1.76. The summed E-state index contributed by atoms with van der Waals surface area (Å²) in [6.07, 6.45) is 8.66. The van der Waals surface area contributed by atoms with Gasteiger partial charge in [0, 0.05) is 12.6 Å². The van der Waals surface area contributed by atoms with E-state index in [0.717, 1.165) is 42.6 Å². The SMILES string of the molecule is CCc1nnc(N2CCCC2C2CCC2)nc1CC. The molecule has 0 spiro atoms. The van der Waals surface area contributed by atoms with Gasteiger partial charge < -0.3 is 4.90 Å². The molecule has 0 aromatic carbocycles. The van der Waals surface area contributed by atoms with Gasteiger partial charge in [-0.15, -0.1) is 5.10 Å². The molecule has 2 aliphatic rings. The van der Waals surface area contributed by atoms with Crippen molar-refractivity contribution in [2.45, 2.75) is 64.8 Å². The zero-order chi connectivity index (χ0) is 13.2. The summed E-state index contributed by atoms with van der Waals surface area (Å²) in [4.78, 5) is 7.21. The zero-order valence-electron chi connectivity index (χ0n) is 12.1. The molecule has 1 aliphatic heterocycles. The molecular weight excluding hydrogens is 236 g/mol. The molecule has 3 rings (SSSR count). The lowest BCUT2D eigenvalue weighted by Gasteiger charge is -2.36. The van der Waals surface area contributed by atoms with Crippen molar-refractivity contribution < 1.29 is 0 Å². The lowest BCUT2D eigenvalue weighted by atomic mass is 9.79. The fourth-order valence-corrected chi connectivity index (χ4v) is 3.41. The van der Waals surface area contributed by atoms with Crippen LogP contribution in [0.1, 0.15) is 57.3 Å². The van der Waals surface area contributed by atoms with Crippen LogP contribution < -0.4 is 4.90 Å². The molecule has 1 saturated heterocycles. The minimum Gasteiger partial charge on any atom is -0.336 e. The van der Waals surface area contributed by atoms with Crippen LogP contribution in [0.5, 0.6) is 0 Å². The zero-order valence-corrected chi connectivity index (χ0v) is 12.1. The third-order valence-electron chi connectivity index (χ3n) is 4.75. The fraction of sp³-hybridized carbons (Fsp3) is 0.800. The van der Waals surface area contributed by atoms with Crippen LogP contribution in [0.4, 0.5) is 5.95 Å². The maximum atomic E-state index is 4.79. The topological polar surface area (TPSA) is 41.9 Å². The lowest BCUT2D eigenvalue weighted by molar-refractivity contribution is 0.260. The first-order valence-corrected chi connectivity index (χ1v) is 7.82. The van der Waals surface area contributed by atoms with E-state index in [1.165, 1.54) is 32.1 Å². The number of hydrogen-bond donors (Lipinski definition) is 0. The summed E-state index contributed by atoms with van der Waals surface area (Å²) in [7, 11) is 0. The van der Waals surface area contributed by atoms with Crippen molar-refractivity contribution in [3.63, 3.8) is 0 Å². The van der Waals surface area contributed by atoms with E-state index in [9.17, 15) is 0 Å². The standard InChI is InChI=1S/C15H24N4/c1-3-12-13(4-2)17-18-15(16-12)19-10-6-9-14(19)11-7-5-8-11/h11,14H,3-10H2,1-2H3. The first-order chi connectivity index (χ1) is 9.33. The molecule has 4 nitrogen and oxygen atoms in total. The number of rotatable bonds is 4. The molecule has 1 aromatic rings. The number of nitrogens with zero attached hydrogens (tertiary/aromatic N) is 4. The van der Waals surface area contributed by atoms with Gasteiger partial charge in [0.15, 0.2) is 0 Å². The number of aryl methyl sites for hydroxylation is 2. The molecule has 0 radical (unpaired) electrons. The minimum atomic E-state index is 0.674. The van der Waals surface area contributed by atoms with Crippen LogP contribution in [0.15, 0.2) is 0 Å². The second-order valence-electron chi connectivity index (χ2n) is 5.81. The van der Waals surface area contributed by atoms with Crippen LogP contribution in [0.2, 0.25) is 0 Å². The van der Waals surface area contributed by atoms with E-state index in [4.69, 9.17) is 4.98 Å². The predicted molar refractivity (Wildman–Crippen MR) is 76.3 cm³/mol. The Kier molecular flexibility index (Phi) is 3.67. The molecule has 2 fully saturated rings. The largest absolute Gasteiger partial charge is 0.336 e. The Morgan fingerprint density at radius 1 is 1.00 bits per heavy atom. The fourth-order valence-electron chi connectivity index (χ4n) is 3.41. The molecule has 1 saturated carbocycles. The Morgan fingerprint density at radius 2 is 1.79 bits per heavy atom. The van der Waals surface area contributed by atoms with Crippen LogP contribution in [0.3, 0.4) is 0 Å². The first kappa shape index (κ1) is 12.8. The van der Waals surface area contributed by atoms with E-state index in [-0.39, 0.29) is 0 Å². The summed E-state index contributed by atoms with van der Waals surface area (Å²) >= 11 is 0. The van der Waals surface area contributed by atoms with Gasteiger partial charge >= 0.3 is 0 Å². The highest BCUT2D eigenvalue weighted by molar-refractivity contribution is 5.34. The van der Waals surface area contributed by atoms with Gasteiger partial charge in [-0.3, -0.25) is 0 Å². The Bertz CT molecular complexity index is 442. The van der Waals surface area contributed by atoms with E-state index < -0.39 is 0 Å². The first-order valence-electron chi connectivity index (χ1n) is 7.82. The van der Waals surface area contributed by atoms with Gasteiger partial charge in [0.1, 0.15) is 0 Å². The summed E-state index contributed by atoms with van der Waals surface area (Å²) in [5.41, 5.74) is 2.19. The molecule has 19 heavy (non-hydrogen) atoms. The summed E-state index contributed by atoms with van der Waals surface area (Å²) in [5, 5.41) is 8.79. The van der Waals surface area contributed by atoms with Crippen LogP contribution >= 0.6 is 0 Å². The van der Waals surface area contributed by atoms with Gasteiger partial charge in [-0.05, 0) is 44.4 Å². The van der Waals surface area contributed by atoms with Crippen LogP contribution in [0, 0.1) is 5.92 Å². The van der Waals surface area contributed by atoms with Crippen LogP contribution in [-0.4, -0.2) is 27.8 Å². The molecule has 2 heterocycles. The van der Waals surface area contributed by atoms with Gasteiger partial charge in [-0.1, -0.05) is 20.3 Å². The normalized spacial score (nSPS) is 23.7. The van der Waals surface area contributed by atoms with Crippen molar-refractivity contribution in [3.05, 3.63) is 11.4 Å². The molecule has 1 aliphatic carbocycles. The van der Waals surface area contributed by atoms with Crippen molar-refractivity contribution in [2.75, 3.05) is 11.4 Å². The monoisotopic (exact) mass is 260 g/mol. The average Bonchev–Trinajstić information content (AvgIpc) is 2.85. The lowest BCUT2D eigenvalue weighted by Crippen LogP contribution is -2.40. The van der Waals surface area contributed by atoms with Crippen molar-refractivity contribution in [1.29, 1.82) is 0 Å². The highest BCUT2D eigenvalue weighted by atomic mass is 15.3. The highest BCUT2D eigenvalue weighted by Gasteiger charge is 2.36. The van der Waals surface area contributed by atoms with Gasteiger partial charge in [0.25, 0.3) is 0 Å². The van der Waals surface area contributed by atoms with Crippen molar-refractivity contribution in [3.8, 4) is 0 Å². The van der Waals surface area contributed by atoms with Gasteiger partial charge in [-0.25, -0.2) is 4.98 Å². The quantitative estimate of drug-likeness (QED) is 0.835. The number of anilines is 1. The van der Waals surface area contributed by atoms with Crippen LogP contribution in [0.25, 0.3) is 0 Å². The Morgan fingerprint density at radius 3 is 2.42 bits per heavy atom. The second kappa shape index (κ2) is 5.43. The maximum Gasteiger partial charge on any atom is 0.245 e. The minimum absolute atomic E-state index is 0.674. The van der Waals surface area contributed by atoms with Gasteiger partial charge in [0.2, 0.25) is 5.95 Å². The smallest absolute Gasteiger partial charge is 0.245 e. The van der Waals surface area contributed by atoms with E-state index in [1.807, 2.05) is 0 Å². The molecule has 0 amide bonds. The number of aromatic nitrogens is 3. The Labute approximate surface area is 115 Å². The average molecular weight is 260 g/mol. The maximum absolute atomic E-state index is 4.79. The highest BCUT2D eigenvalue weighted by Crippen LogP contribution is 2.38. The molecule has 4 heteroatoms. The van der Waals surface area contributed by atoms with Crippen molar-refractivity contribution in [1.82, 2.24) is 15.2 Å².